The van der Waals surface area contributed by atoms with Crippen LogP contribution in [0.25, 0.3) is 11.3 Å². The molecule has 0 atom stereocenters. The number of nitrogens with one attached hydrogen (secondary N) is 1. The van der Waals surface area contributed by atoms with Crippen molar-refractivity contribution in [2.24, 2.45) is 5.92 Å². The molecule has 5 nitrogen and oxygen atoms in total. The van der Waals surface area contributed by atoms with E-state index in [4.69, 9.17) is 9.47 Å². The minimum atomic E-state index is -0.0332. The standard InChI is InChI=1S/C25H36N2O3/c1-5-20-11-12-21(30-4)15-23(20)24-16-22(25(28)26-13-14-29-3)18(2)27(24)17-19-9-7-6-8-10-19/h11-12,15-16,19H,5-10,13-14,17H2,1-4H3,(H,26,28). The summed E-state index contributed by atoms with van der Waals surface area (Å²) >= 11 is 0. The predicted octanol–water partition coefficient (Wildman–Crippen LogP) is 4.99. The van der Waals surface area contributed by atoms with Crippen molar-refractivity contribution in [1.82, 2.24) is 9.88 Å². The van der Waals surface area contributed by atoms with Gasteiger partial charge in [-0.3, -0.25) is 4.79 Å². The first kappa shape index (κ1) is 22.4. The van der Waals surface area contributed by atoms with Crippen LogP contribution < -0.4 is 10.1 Å². The van der Waals surface area contributed by atoms with Crippen molar-refractivity contribution in [1.29, 1.82) is 0 Å². The highest BCUT2D eigenvalue weighted by atomic mass is 16.5. The van der Waals surface area contributed by atoms with E-state index in [0.717, 1.165) is 41.2 Å². The fraction of sp³-hybridized carbons (Fsp3) is 0.560. The molecule has 0 spiro atoms. The summed E-state index contributed by atoms with van der Waals surface area (Å²) in [6.45, 7) is 6.23. The smallest absolute Gasteiger partial charge is 0.253 e. The van der Waals surface area contributed by atoms with E-state index in [0.29, 0.717) is 19.1 Å². The highest BCUT2D eigenvalue weighted by Crippen LogP contribution is 2.34. The predicted molar refractivity (Wildman–Crippen MR) is 121 cm³/mol. The lowest BCUT2D eigenvalue weighted by Crippen LogP contribution is -2.27. The van der Waals surface area contributed by atoms with Gasteiger partial charge in [-0.25, -0.2) is 0 Å². The maximum atomic E-state index is 12.9. The third-order valence-electron chi connectivity index (χ3n) is 6.34. The molecule has 30 heavy (non-hydrogen) atoms. The summed E-state index contributed by atoms with van der Waals surface area (Å²) in [5.41, 5.74) is 5.33. The van der Waals surface area contributed by atoms with Gasteiger partial charge in [0.15, 0.2) is 0 Å². The molecule has 0 bridgehead atoms. The monoisotopic (exact) mass is 412 g/mol. The van der Waals surface area contributed by atoms with E-state index in [1.165, 1.54) is 37.7 Å². The number of aryl methyl sites for hydroxylation is 1. The number of carbonyl (C=O) groups excluding carboxylic acids is 1. The first-order valence-electron chi connectivity index (χ1n) is 11.2. The van der Waals surface area contributed by atoms with Crippen molar-refractivity contribution in [3.63, 3.8) is 0 Å². The van der Waals surface area contributed by atoms with Crippen LogP contribution in [0.3, 0.4) is 0 Å². The van der Waals surface area contributed by atoms with Crippen molar-refractivity contribution in [2.75, 3.05) is 27.4 Å². The van der Waals surface area contributed by atoms with E-state index in [1.807, 2.05) is 6.07 Å². The van der Waals surface area contributed by atoms with E-state index < -0.39 is 0 Å². The summed E-state index contributed by atoms with van der Waals surface area (Å²) in [4.78, 5) is 12.9. The number of hydrogen-bond acceptors (Lipinski definition) is 3. The van der Waals surface area contributed by atoms with Crippen molar-refractivity contribution >= 4 is 5.91 Å². The topological polar surface area (TPSA) is 52.5 Å². The molecule has 1 aromatic carbocycles. The Morgan fingerprint density at radius 1 is 1.17 bits per heavy atom. The van der Waals surface area contributed by atoms with Gasteiger partial charge in [-0.2, -0.15) is 0 Å². The van der Waals surface area contributed by atoms with Crippen LogP contribution in [0.4, 0.5) is 0 Å². The highest BCUT2D eigenvalue weighted by molar-refractivity contribution is 5.97. The zero-order valence-electron chi connectivity index (χ0n) is 18.9. The molecule has 1 N–H and O–H groups in total. The van der Waals surface area contributed by atoms with Gasteiger partial charge in [0.05, 0.1) is 19.3 Å². The van der Waals surface area contributed by atoms with Crippen LogP contribution in [0.1, 0.15) is 60.6 Å². The summed E-state index contributed by atoms with van der Waals surface area (Å²) in [6, 6.07) is 8.33. The van der Waals surface area contributed by atoms with Crippen molar-refractivity contribution in [3.05, 3.63) is 41.1 Å². The molecule has 164 valence electrons. The average molecular weight is 413 g/mol. The van der Waals surface area contributed by atoms with Crippen molar-refractivity contribution < 1.29 is 14.3 Å². The Morgan fingerprint density at radius 3 is 2.60 bits per heavy atom. The Morgan fingerprint density at radius 2 is 1.93 bits per heavy atom. The lowest BCUT2D eigenvalue weighted by atomic mass is 9.89. The number of benzene rings is 1. The SMILES string of the molecule is CCc1ccc(OC)cc1-c1cc(C(=O)NCCOC)c(C)n1CC1CCCCC1. The second-order valence-corrected chi connectivity index (χ2v) is 8.27. The third-order valence-corrected chi connectivity index (χ3v) is 6.34. The number of methoxy groups -OCH3 is 2. The van der Waals surface area contributed by atoms with Crippen LogP contribution in [-0.4, -0.2) is 37.8 Å². The quantitative estimate of drug-likeness (QED) is 0.590. The van der Waals surface area contributed by atoms with Crippen LogP contribution in [0.2, 0.25) is 0 Å². The number of amides is 1. The van der Waals surface area contributed by atoms with Crippen LogP contribution in [-0.2, 0) is 17.7 Å². The van der Waals surface area contributed by atoms with E-state index in [1.54, 1.807) is 14.2 Å². The summed E-state index contributed by atoms with van der Waals surface area (Å²) in [6.07, 6.45) is 7.43. The summed E-state index contributed by atoms with van der Waals surface area (Å²) in [7, 11) is 3.34. The maximum Gasteiger partial charge on any atom is 0.253 e. The molecule has 0 radical (unpaired) electrons. The van der Waals surface area contributed by atoms with Crippen molar-refractivity contribution in [2.45, 2.75) is 58.9 Å². The molecule has 1 aromatic heterocycles. The molecule has 1 aliphatic carbocycles. The van der Waals surface area contributed by atoms with Gasteiger partial charge in [-0.15, -0.1) is 0 Å². The molecule has 0 aliphatic heterocycles. The molecular weight excluding hydrogens is 376 g/mol. The summed E-state index contributed by atoms with van der Waals surface area (Å²) in [5.74, 6) is 1.48. The van der Waals surface area contributed by atoms with E-state index >= 15 is 0 Å². The minimum Gasteiger partial charge on any atom is -0.497 e. The Labute approximate surface area is 180 Å². The van der Waals surface area contributed by atoms with Gasteiger partial charge in [0.1, 0.15) is 5.75 Å². The van der Waals surface area contributed by atoms with E-state index in [9.17, 15) is 4.79 Å². The zero-order valence-corrected chi connectivity index (χ0v) is 18.9. The zero-order chi connectivity index (χ0) is 21.5. The van der Waals surface area contributed by atoms with Gasteiger partial charge in [-0.1, -0.05) is 32.3 Å². The molecule has 0 unspecified atom stereocenters. The highest BCUT2D eigenvalue weighted by Gasteiger charge is 2.23. The number of hydrogen-bond donors (Lipinski definition) is 1. The lowest BCUT2D eigenvalue weighted by molar-refractivity contribution is 0.0936. The van der Waals surface area contributed by atoms with Gasteiger partial charge >= 0.3 is 0 Å². The van der Waals surface area contributed by atoms with Crippen LogP contribution in [0, 0.1) is 12.8 Å². The van der Waals surface area contributed by atoms with Crippen molar-refractivity contribution in [3.8, 4) is 17.0 Å². The largest absolute Gasteiger partial charge is 0.497 e. The molecule has 5 heteroatoms. The Hall–Kier alpha value is -2.27. The number of aromatic nitrogens is 1. The molecule has 2 aromatic rings. The molecule has 1 fully saturated rings. The Bertz CT molecular complexity index is 850. The minimum absolute atomic E-state index is 0.0332. The van der Waals surface area contributed by atoms with Crippen LogP contribution >= 0.6 is 0 Å². The average Bonchev–Trinajstić information content (AvgIpc) is 3.10. The van der Waals surface area contributed by atoms with E-state index in [-0.39, 0.29) is 5.91 Å². The third kappa shape index (κ3) is 5.07. The first-order valence-corrected chi connectivity index (χ1v) is 11.2. The second kappa shape index (κ2) is 10.7. The molecule has 1 amide bonds. The van der Waals surface area contributed by atoms with Crippen LogP contribution in [0.5, 0.6) is 5.75 Å². The lowest BCUT2D eigenvalue weighted by Gasteiger charge is -2.25. The fourth-order valence-corrected chi connectivity index (χ4v) is 4.55. The molecule has 1 saturated carbocycles. The Kier molecular flexibility index (Phi) is 7.97. The number of nitrogens with zero attached hydrogens (tertiary/aromatic N) is 1. The molecule has 3 rings (SSSR count). The van der Waals surface area contributed by atoms with Gasteiger partial charge < -0.3 is 19.4 Å². The van der Waals surface area contributed by atoms with Gasteiger partial charge in [0, 0.05) is 37.2 Å². The van der Waals surface area contributed by atoms with Gasteiger partial charge in [0.2, 0.25) is 0 Å². The molecule has 0 saturated heterocycles. The molecule has 1 heterocycles. The maximum absolute atomic E-state index is 12.9. The molecule has 1 aliphatic rings. The summed E-state index contributed by atoms with van der Waals surface area (Å²) in [5, 5.41) is 2.99. The van der Waals surface area contributed by atoms with Gasteiger partial charge in [-0.05, 0) is 55.9 Å². The number of carbonyl (C=O) groups is 1. The normalized spacial score (nSPS) is 14.7. The Balaban J connectivity index is 2.03. The second-order valence-electron chi connectivity index (χ2n) is 8.27. The van der Waals surface area contributed by atoms with E-state index in [2.05, 4.69) is 41.9 Å². The number of rotatable bonds is 9. The fourth-order valence-electron chi connectivity index (χ4n) is 4.55. The first-order chi connectivity index (χ1) is 14.6. The van der Waals surface area contributed by atoms with Crippen LogP contribution in [0.15, 0.2) is 24.3 Å². The summed E-state index contributed by atoms with van der Waals surface area (Å²) < 4.78 is 13.0. The number of ether oxygens (including phenoxy) is 2. The molecular formula is C25H36N2O3. The van der Waals surface area contributed by atoms with Gasteiger partial charge in [0.25, 0.3) is 5.91 Å².